The van der Waals surface area contributed by atoms with E-state index in [1.165, 1.54) is 24.6 Å². The maximum absolute atomic E-state index is 5.70. The minimum Gasteiger partial charge on any atom is -0.384 e. The van der Waals surface area contributed by atoms with Crippen molar-refractivity contribution in [2.75, 3.05) is 43.2 Å². The zero-order chi connectivity index (χ0) is 12.1. The van der Waals surface area contributed by atoms with Crippen LogP contribution in [0.3, 0.4) is 0 Å². The van der Waals surface area contributed by atoms with Crippen LogP contribution in [0.25, 0.3) is 0 Å². The molecule has 1 aromatic heterocycles. The average molecular weight is 255 g/mol. The van der Waals surface area contributed by atoms with E-state index in [0.29, 0.717) is 23.7 Å². The highest BCUT2D eigenvalue weighted by Gasteiger charge is 2.16. The van der Waals surface area contributed by atoms with Crippen LogP contribution in [0.15, 0.2) is 5.16 Å². The first kappa shape index (κ1) is 12.4. The van der Waals surface area contributed by atoms with Gasteiger partial charge in [0, 0.05) is 26.0 Å². The van der Waals surface area contributed by atoms with Gasteiger partial charge in [0.1, 0.15) is 0 Å². The summed E-state index contributed by atoms with van der Waals surface area (Å²) in [6.45, 7) is 2.69. The second kappa shape index (κ2) is 6.02. The molecular formula is C10H17N5OS. The number of methoxy groups -OCH3 is 1. The van der Waals surface area contributed by atoms with Gasteiger partial charge in [-0.2, -0.15) is 15.0 Å². The standard InChI is InChI=1S/C10H17N5OS/c1-16-6-7-17-10-13-8(11)12-9(14-10)15-4-2-3-5-15/h2-7H2,1H3,(H2,11,12,13,14). The van der Waals surface area contributed by atoms with Crippen molar-refractivity contribution >= 4 is 23.7 Å². The van der Waals surface area contributed by atoms with E-state index >= 15 is 0 Å². The van der Waals surface area contributed by atoms with Crippen LogP contribution >= 0.6 is 11.8 Å². The molecule has 1 aliphatic rings. The molecule has 17 heavy (non-hydrogen) atoms. The molecule has 6 nitrogen and oxygen atoms in total. The van der Waals surface area contributed by atoms with Crippen LogP contribution in [0, 0.1) is 0 Å². The lowest BCUT2D eigenvalue weighted by molar-refractivity contribution is 0.218. The minimum absolute atomic E-state index is 0.293. The third-order valence-electron chi connectivity index (χ3n) is 2.53. The maximum atomic E-state index is 5.70. The van der Waals surface area contributed by atoms with Gasteiger partial charge in [-0.1, -0.05) is 11.8 Å². The monoisotopic (exact) mass is 255 g/mol. The lowest BCUT2D eigenvalue weighted by Crippen LogP contribution is -2.21. The smallest absolute Gasteiger partial charge is 0.231 e. The summed E-state index contributed by atoms with van der Waals surface area (Å²) >= 11 is 1.54. The van der Waals surface area contributed by atoms with Crippen LogP contribution in [0.5, 0.6) is 0 Å². The van der Waals surface area contributed by atoms with Gasteiger partial charge in [-0.15, -0.1) is 0 Å². The van der Waals surface area contributed by atoms with Gasteiger partial charge >= 0.3 is 0 Å². The average Bonchev–Trinajstić information content (AvgIpc) is 2.82. The molecule has 1 fully saturated rings. The molecule has 2 rings (SSSR count). The van der Waals surface area contributed by atoms with Crippen LogP contribution in [0.1, 0.15) is 12.8 Å². The Hall–Kier alpha value is -1.08. The van der Waals surface area contributed by atoms with Crippen molar-refractivity contribution in [1.82, 2.24) is 15.0 Å². The highest BCUT2D eigenvalue weighted by molar-refractivity contribution is 7.99. The molecule has 0 spiro atoms. The Kier molecular flexibility index (Phi) is 4.38. The van der Waals surface area contributed by atoms with Crippen molar-refractivity contribution in [3.63, 3.8) is 0 Å². The Labute approximate surface area is 105 Å². The van der Waals surface area contributed by atoms with E-state index in [4.69, 9.17) is 10.5 Å². The molecule has 7 heteroatoms. The largest absolute Gasteiger partial charge is 0.384 e. The van der Waals surface area contributed by atoms with E-state index in [2.05, 4.69) is 19.9 Å². The number of nitrogen functional groups attached to an aromatic ring is 1. The Morgan fingerprint density at radius 2 is 2.06 bits per heavy atom. The number of aromatic nitrogens is 3. The first-order chi connectivity index (χ1) is 8.29. The topological polar surface area (TPSA) is 77.2 Å². The van der Waals surface area contributed by atoms with Crippen molar-refractivity contribution in [3.05, 3.63) is 0 Å². The third kappa shape index (κ3) is 3.44. The Balaban J connectivity index is 2.05. The second-order valence-electron chi connectivity index (χ2n) is 3.81. The van der Waals surface area contributed by atoms with Crippen molar-refractivity contribution in [2.45, 2.75) is 18.0 Å². The summed E-state index contributed by atoms with van der Waals surface area (Å²) in [5, 5.41) is 0.677. The zero-order valence-electron chi connectivity index (χ0n) is 9.93. The van der Waals surface area contributed by atoms with Crippen LogP contribution in [-0.2, 0) is 4.74 Å². The number of rotatable bonds is 5. The van der Waals surface area contributed by atoms with Crippen molar-refractivity contribution in [1.29, 1.82) is 0 Å². The molecule has 0 amide bonds. The van der Waals surface area contributed by atoms with E-state index in [-0.39, 0.29) is 0 Å². The van der Waals surface area contributed by atoms with E-state index < -0.39 is 0 Å². The van der Waals surface area contributed by atoms with Crippen molar-refractivity contribution in [3.8, 4) is 0 Å². The first-order valence-electron chi connectivity index (χ1n) is 5.68. The molecule has 2 heterocycles. The molecule has 0 unspecified atom stereocenters. The number of anilines is 2. The summed E-state index contributed by atoms with van der Waals surface area (Å²) in [5.74, 6) is 1.82. The van der Waals surface area contributed by atoms with E-state index in [1.807, 2.05) is 0 Å². The van der Waals surface area contributed by atoms with Gasteiger partial charge in [0.25, 0.3) is 0 Å². The summed E-state index contributed by atoms with van der Waals surface area (Å²) in [4.78, 5) is 14.9. The van der Waals surface area contributed by atoms with Gasteiger partial charge in [0.05, 0.1) is 6.61 Å². The fourth-order valence-corrected chi connectivity index (χ4v) is 2.44. The summed E-state index contributed by atoms with van der Waals surface area (Å²) in [7, 11) is 1.68. The lowest BCUT2D eigenvalue weighted by Gasteiger charge is -2.15. The highest BCUT2D eigenvalue weighted by atomic mass is 32.2. The predicted octanol–water partition coefficient (Wildman–Crippen LogP) is 0.793. The number of nitrogens with zero attached hydrogens (tertiary/aromatic N) is 4. The molecular weight excluding hydrogens is 238 g/mol. The van der Waals surface area contributed by atoms with Gasteiger partial charge in [-0.3, -0.25) is 0 Å². The number of nitrogens with two attached hydrogens (primary N) is 1. The van der Waals surface area contributed by atoms with E-state index in [9.17, 15) is 0 Å². The SMILES string of the molecule is COCCSc1nc(N)nc(N2CCCC2)n1. The number of ether oxygens (including phenoxy) is 1. The normalized spacial score (nSPS) is 15.5. The van der Waals surface area contributed by atoms with Crippen molar-refractivity contribution < 1.29 is 4.74 Å². The molecule has 1 aliphatic heterocycles. The first-order valence-corrected chi connectivity index (χ1v) is 6.66. The molecule has 0 radical (unpaired) electrons. The highest BCUT2D eigenvalue weighted by Crippen LogP contribution is 2.20. The minimum atomic E-state index is 0.293. The quantitative estimate of drug-likeness (QED) is 0.615. The van der Waals surface area contributed by atoms with Crippen LogP contribution in [0.4, 0.5) is 11.9 Å². The molecule has 1 saturated heterocycles. The summed E-state index contributed by atoms with van der Waals surface area (Å²) in [6.07, 6.45) is 2.38. The van der Waals surface area contributed by atoms with E-state index in [1.54, 1.807) is 7.11 Å². The Morgan fingerprint density at radius 1 is 1.29 bits per heavy atom. The molecule has 0 saturated carbocycles. The summed E-state index contributed by atoms with van der Waals surface area (Å²) < 4.78 is 4.99. The molecule has 0 atom stereocenters. The fourth-order valence-electron chi connectivity index (χ4n) is 1.70. The van der Waals surface area contributed by atoms with Gasteiger partial charge in [0.2, 0.25) is 11.9 Å². The molecule has 0 bridgehead atoms. The number of hydrogen-bond donors (Lipinski definition) is 1. The maximum Gasteiger partial charge on any atom is 0.231 e. The summed E-state index contributed by atoms with van der Waals surface area (Å²) in [6, 6.07) is 0. The molecule has 0 aromatic carbocycles. The van der Waals surface area contributed by atoms with Crippen LogP contribution in [-0.4, -0.2) is 47.5 Å². The van der Waals surface area contributed by atoms with Gasteiger partial charge in [-0.25, -0.2) is 0 Å². The lowest BCUT2D eigenvalue weighted by atomic mass is 10.4. The van der Waals surface area contributed by atoms with Gasteiger partial charge in [-0.05, 0) is 12.8 Å². The summed E-state index contributed by atoms with van der Waals surface area (Å²) in [5.41, 5.74) is 5.70. The Morgan fingerprint density at radius 3 is 2.76 bits per heavy atom. The third-order valence-corrected chi connectivity index (χ3v) is 3.34. The number of hydrogen-bond acceptors (Lipinski definition) is 7. The molecule has 1 aromatic rings. The van der Waals surface area contributed by atoms with Crippen LogP contribution in [0.2, 0.25) is 0 Å². The zero-order valence-corrected chi connectivity index (χ0v) is 10.7. The molecule has 0 aliphatic carbocycles. The van der Waals surface area contributed by atoms with E-state index in [0.717, 1.165) is 18.8 Å². The predicted molar refractivity (Wildman–Crippen MR) is 68.3 cm³/mol. The van der Waals surface area contributed by atoms with Gasteiger partial charge in [0.15, 0.2) is 5.16 Å². The van der Waals surface area contributed by atoms with Crippen LogP contribution < -0.4 is 10.6 Å². The second-order valence-corrected chi connectivity index (χ2v) is 4.87. The Bertz CT molecular complexity index is 370. The van der Waals surface area contributed by atoms with Gasteiger partial charge < -0.3 is 15.4 Å². The van der Waals surface area contributed by atoms with Crippen molar-refractivity contribution in [2.24, 2.45) is 0 Å². The molecule has 2 N–H and O–H groups in total. The fraction of sp³-hybridized carbons (Fsp3) is 0.700. The molecule has 94 valence electrons. The number of thioether (sulfide) groups is 1.